The molecule has 2 unspecified atom stereocenters. The van der Waals surface area contributed by atoms with Crippen molar-refractivity contribution in [3.63, 3.8) is 0 Å². The van der Waals surface area contributed by atoms with Crippen molar-refractivity contribution in [1.29, 1.82) is 0 Å². The second kappa shape index (κ2) is 7.78. The van der Waals surface area contributed by atoms with E-state index >= 15 is 0 Å². The monoisotopic (exact) mass is 420 g/mol. The van der Waals surface area contributed by atoms with Crippen LogP contribution in [0.15, 0.2) is 16.4 Å². The van der Waals surface area contributed by atoms with Crippen molar-refractivity contribution in [2.75, 3.05) is 26.7 Å². The van der Waals surface area contributed by atoms with Crippen LogP contribution in [0.4, 0.5) is 0 Å². The van der Waals surface area contributed by atoms with Crippen LogP contribution in [0.5, 0.6) is 0 Å². The minimum absolute atomic E-state index is 0. The van der Waals surface area contributed by atoms with Crippen LogP contribution in [-0.2, 0) is 13.0 Å². The van der Waals surface area contributed by atoms with E-state index in [2.05, 4.69) is 38.9 Å². The fourth-order valence-electron chi connectivity index (χ4n) is 2.72. The first-order valence-electron chi connectivity index (χ1n) is 7.51. The van der Waals surface area contributed by atoms with E-state index in [1.54, 1.807) is 4.88 Å². The minimum Gasteiger partial charge on any atom is -0.355 e. The van der Waals surface area contributed by atoms with Crippen molar-refractivity contribution >= 4 is 41.3 Å². The van der Waals surface area contributed by atoms with E-state index < -0.39 is 0 Å². The smallest absolute Gasteiger partial charge is 0.191 e. The molecule has 2 aliphatic rings. The molecule has 1 aromatic rings. The number of aliphatic imine (C=N–C) groups is 1. The Hall–Kier alpha value is -0.340. The van der Waals surface area contributed by atoms with Crippen LogP contribution in [0.3, 0.4) is 0 Å². The predicted molar refractivity (Wildman–Crippen MR) is 101 cm³/mol. The first kappa shape index (κ1) is 17.0. The molecule has 118 valence electrons. The van der Waals surface area contributed by atoms with Crippen molar-refractivity contribution in [1.82, 2.24) is 15.5 Å². The summed E-state index contributed by atoms with van der Waals surface area (Å²) in [6.45, 7) is 6.60. The standard InChI is InChI=1S/C15H24N4S.HI/c1-11-9-13(11)18-15(16-2)17-5-7-19-6-3-14-12(10-19)4-8-20-14;/h4,8,11,13H,3,5-7,9-10H2,1-2H3,(H2,16,17,18);1H. The molecule has 0 amide bonds. The van der Waals surface area contributed by atoms with E-state index in [1.807, 2.05) is 18.4 Å². The van der Waals surface area contributed by atoms with E-state index in [4.69, 9.17) is 0 Å². The number of hydrogen-bond acceptors (Lipinski definition) is 3. The Balaban J connectivity index is 0.00000161. The molecule has 1 saturated carbocycles. The fourth-order valence-corrected chi connectivity index (χ4v) is 3.61. The normalized spacial score (nSPS) is 25.0. The summed E-state index contributed by atoms with van der Waals surface area (Å²) in [5, 5.41) is 9.11. The lowest BCUT2D eigenvalue weighted by Crippen LogP contribution is -2.43. The SMILES string of the molecule is CN=C(NCCN1CCc2sccc2C1)NC1CC1C.I. The summed E-state index contributed by atoms with van der Waals surface area (Å²) in [6, 6.07) is 2.90. The van der Waals surface area contributed by atoms with E-state index in [1.165, 1.54) is 24.9 Å². The lowest BCUT2D eigenvalue weighted by Gasteiger charge is -2.27. The van der Waals surface area contributed by atoms with Crippen LogP contribution < -0.4 is 10.6 Å². The molecule has 1 aliphatic carbocycles. The van der Waals surface area contributed by atoms with Gasteiger partial charge in [0.1, 0.15) is 0 Å². The summed E-state index contributed by atoms with van der Waals surface area (Å²) in [5.74, 6) is 1.75. The molecule has 1 aromatic heterocycles. The average Bonchev–Trinajstić information content (AvgIpc) is 2.96. The van der Waals surface area contributed by atoms with Crippen molar-refractivity contribution < 1.29 is 0 Å². The first-order valence-corrected chi connectivity index (χ1v) is 8.39. The highest BCUT2D eigenvalue weighted by atomic mass is 127. The van der Waals surface area contributed by atoms with E-state index in [9.17, 15) is 0 Å². The van der Waals surface area contributed by atoms with Gasteiger partial charge in [0.05, 0.1) is 0 Å². The van der Waals surface area contributed by atoms with E-state index in [0.717, 1.165) is 31.5 Å². The lowest BCUT2D eigenvalue weighted by atomic mass is 10.1. The third kappa shape index (κ3) is 4.56. The minimum atomic E-state index is 0. The van der Waals surface area contributed by atoms with Gasteiger partial charge in [-0.3, -0.25) is 9.89 Å². The van der Waals surface area contributed by atoms with Crippen LogP contribution in [0.1, 0.15) is 23.8 Å². The number of rotatable bonds is 4. The van der Waals surface area contributed by atoms with E-state index in [0.29, 0.717) is 6.04 Å². The number of nitrogens with one attached hydrogen (secondary N) is 2. The van der Waals surface area contributed by atoms with Gasteiger partial charge in [-0.15, -0.1) is 35.3 Å². The number of guanidine groups is 1. The molecule has 0 saturated heterocycles. The Morgan fingerprint density at radius 2 is 2.33 bits per heavy atom. The largest absolute Gasteiger partial charge is 0.355 e. The molecule has 2 N–H and O–H groups in total. The third-order valence-corrected chi connectivity index (χ3v) is 5.29. The number of nitrogens with zero attached hydrogens (tertiary/aromatic N) is 2. The first-order chi connectivity index (χ1) is 9.76. The quantitative estimate of drug-likeness (QED) is 0.446. The maximum Gasteiger partial charge on any atom is 0.191 e. The predicted octanol–water partition coefficient (Wildman–Crippen LogP) is 2.30. The highest BCUT2D eigenvalue weighted by Gasteiger charge is 2.33. The van der Waals surface area contributed by atoms with Gasteiger partial charge in [0.25, 0.3) is 0 Å². The highest BCUT2D eigenvalue weighted by molar-refractivity contribution is 14.0. The van der Waals surface area contributed by atoms with Crippen LogP contribution in [0, 0.1) is 5.92 Å². The molecule has 0 bridgehead atoms. The number of halogens is 1. The molecule has 0 spiro atoms. The molecule has 21 heavy (non-hydrogen) atoms. The summed E-state index contributed by atoms with van der Waals surface area (Å²) >= 11 is 1.90. The van der Waals surface area contributed by atoms with E-state index in [-0.39, 0.29) is 24.0 Å². The summed E-state index contributed by atoms with van der Waals surface area (Å²) < 4.78 is 0. The molecule has 1 fully saturated rings. The summed E-state index contributed by atoms with van der Waals surface area (Å²) in [4.78, 5) is 8.39. The Bertz CT molecular complexity index is 488. The van der Waals surface area contributed by atoms with Gasteiger partial charge in [-0.2, -0.15) is 0 Å². The summed E-state index contributed by atoms with van der Waals surface area (Å²) in [5.41, 5.74) is 1.52. The van der Waals surface area contributed by atoms with Crippen molar-refractivity contribution in [3.05, 3.63) is 21.9 Å². The Labute approximate surface area is 148 Å². The molecule has 3 rings (SSSR count). The molecular weight excluding hydrogens is 395 g/mol. The van der Waals surface area contributed by atoms with Crippen LogP contribution in [0.25, 0.3) is 0 Å². The van der Waals surface area contributed by atoms with Gasteiger partial charge < -0.3 is 10.6 Å². The molecule has 1 aliphatic heterocycles. The van der Waals surface area contributed by atoms with Crippen molar-refractivity contribution in [2.24, 2.45) is 10.9 Å². The molecule has 6 heteroatoms. The van der Waals surface area contributed by atoms with Crippen LogP contribution in [0.2, 0.25) is 0 Å². The fraction of sp³-hybridized carbons (Fsp3) is 0.667. The molecule has 2 heterocycles. The lowest BCUT2D eigenvalue weighted by molar-refractivity contribution is 0.260. The zero-order valence-corrected chi connectivity index (χ0v) is 15.9. The molecule has 0 aromatic carbocycles. The topological polar surface area (TPSA) is 39.7 Å². The number of fused-ring (bicyclic) bond motifs is 1. The molecule has 0 radical (unpaired) electrons. The maximum absolute atomic E-state index is 4.29. The molecular formula is C15H25IN4S. The van der Waals surface area contributed by atoms with Gasteiger partial charge in [0.15, 0.2) is 5.96 Å². The number of hydrogen-bond donors (Lipinski definition) is 2. The maximum atomic E-state index is 4.29. The van der Waals surface area contributed by atoms with Gasteiger partial charge in [0, 0.05) is 44.1 Å². The van der Waals surface area contributed by atoms with Crippen LogP contribution >= 0.6 is 35.3 Å². The van der Waals surface area contributed by atoms with Crippen LogP contribution in [-0.4, -0.2) is 43.6 Å². The average molecular weight is 420 g/mol. The van der Waals surface area contributed by atoms with Crippen molar-refractivity contribution in [2.45, 2.75) is 32.4 Å². The Morgan fingerprint density at radius 1 is 1.52 bits per heavy atom. The zero-order chi connectivity index (χ0) is 13.9. The zero-order valence-electron chi connectivity index (χ0n) is 12.8. The second-order valence-corrected chi connectivity index (χ2v) is 6.86. The van der Waals surface area contributed by atoms with Gasteiger partial charge in [-0.05, 0) is 35.8 Å². The highest BCUT2D eigenvalue weighted by Crippen LogP contribution is 2.28. The summed E-state index contributed by atoms with van der Waals surface area (Å²) in [7, 11) is 1.85. The van der Waals surface area contributed by atoms with Gasteiger partial charge in [-0.1, -0.05) is 6.92 Å². The van der Waals surface area contributed by atoms with Crippen molar-refractivity contribution in [3.8, 4) is 0 Å². The molecule has 2 atom stereocenters. The van der Waals surface area contributed by atoms with Gasteiger partial charge >= 0.3 is 0 Å². The number of thiophene rings is 1. The van der Waals surface area contributed by atoms with Gasteiger partial charge in [-0.25, -0.2) is 0 Å². The molecule has 4 nitrogen and oxygen atoms in total. The Kier molecular flexibility index (Phi) is 6.31. The third-order valence-electron chi connectivity index (χ3n) is 4.26. The van der Waals surface area contributed by atoms with Gasteiger partial charge in [0.2, 0.25) is 0 Å². The second-order valence-electron chi connectivity index (χ2n) is 5.86. The summed E-state index contributed by atoms with van der Waals surface area (Å²) in [6.07, 6.45) is 2.48. The Morgan fingerprint density at radius 3 is 3.05 bits per heavy atom.